The fourth-order valence-corrected chi connectivity index (χ4v) is 1.47. The monoisotopic (exact) mass is 222 g/mol. The Hall–Kier alpha value is -1.62. The van der Waals surface area contributed by atoms with E-state index in [2.05, 4.69) is 5.32 Å². The summed E-state index contributed by atoms with van der Waals surface area (Å²) < 4.78 is 0. The third-order valence-electron chi connectivity index (χ3n) is 2.01. The van der Waals surface area contributed by atoms with Crippen molar-refractivity contribution in [1.29, 1.82) is 5.41 Å². The van der Waals surface area contributed by atoms with Gasteiger partial charge in [-0.15, -0.1) is 0 Å². The summed E-state index contributed by atoms with van der Waals surface area (Å²) in [6.07, 6.45) is 0. The molecule has 1 aromatic carbocycles. The molecule has 4 nitrogen and oxygen atoms in total. The Balaban J connectivity index is 3.16. The van der Waals surface area contributed by atoms with Crippen LogP contribution in [0.25, 0.3) is 0 Å². The highest BCUT2D eigenvalue weighted by Gasteiger charge is 2.15. The Morgan fingerprint density at radius 3 is 2.53 bits per heavy atom. The fourth-order valence-electron chi connectivity index (χ4n) is 1.27. The number of thiocarbonyl (C=S) groups is 1. The molecule has 1 rings (SSSR count). The first-order valence-electron chi connectivity index (χ1n) is 4.49. The molecule has 0 aliphatic rings. The van der Waals surface area contributed by atoms with E-state index in [-0.39, 0.29) is 5.96 Å². The van der Waals surface area contributed by atoms with Crippen LogP contribution in [0.3, 0.4) is 0 Å². The number of aryl methyl sites for hydroxylation is 1. The van der Waals surface area contributed by atoms with Crippen LogP contribution < -0.4 is 16.0 Å². The number of hydrogen-bond acceptors (Lipinski definition) is 2. The van der Waals surface area contributed by atoms with Crippen molar-refractivity contribution < 1.29 is 0 Å². The number of nitrogens with zero attached hydrogens (tertiary/aromatic N) is 1. The maximum absolute atomic E-state index is 7.50. The van der Waals surface area contributed by atoms with E-state index in [1.165, 1.54) is 4.90 Å². The van der Waals surface area contributed by atoms with Crippen LogP contribution in [0.15, 0.2) is 24.3 Å². The molecular formula is C10H14N4S. The summed E-state index contributed by atoms with van der Waals surface area (Å²) in [4.78, 5) is 1.49. The Morgan fingerprint density at radius 2 is 2.07 bits per heavy atom. The Morgan fingerprint density at radius 1 is 1.47 bits per heavy atom. The lowest BCUT2D eigenvalue weighted by molar-refractivity contribution is 1.14. The number of guanidine groups is 1. The van der Waals surface area contributed by atoms with Crippen LogP contribution >= 0.6 is 12.2 Å². The summed E-state index contributed by atoms with van der Waals surface area (Å²) in [7, 11) is 1.70. The lowest BCUT2D eigenvalue weighted by atomic mass is 10.2. The standard InChI is InChI=1S/C10H14N4S/c1-7-5-3-4-6-8(7)14(9(11)12)10(15)13-2/h3-6H,1-2H3,(H3,11,12)(H,13,15). The number of hydrogen-bond donors (Lipinski definition) is 3. The van der Waals surface area contributed by atoms with Gasteiger partial charge in [0, 0.05) is 7.05 Å². The lowest BCUT2D eigenvalue weighted by Crippen LogP contribution is -2.46. The maximum atomic E-state index is 7.50. The van der Waals surface area contributed by atoms with Gasteiger partial charge in [0.1, 0.15) is 0 Å². The lowest BCUT2D eigenvalue weighted by Gasteiger charge is -2.24. The predicted molar refractivity (Wildman–Crippen MR) is 67.2 cm³/mol. The van der Waals surface area contributed by atoms with Gasteiger partial charge in [-0.1, -0.05) is 18.2 Å². The molecule has 0 atom stereocenters. The minimum Gasteiger partial charge on any atom is -0.369 e. The molecule has 0 fully saturated rings. The summed E-state index contributed by atoms with van der Waals surface area (Å²) in [6, 6.07) is 7.64. The highest BCUT2D eigenvalue weighted by molar-refractivity contribution is 7.80. The van der Waals surface area contributed by atoms with Crippen LogP contribution in [-0.2, 0) is 0 Å². The van der Waals surface area contributed by atoms with Crippen LogP contribution in [0, 0.1) is 12.3 Å². The number of benzene rings is 1. The number of nitrogens with one attached hydrogen (secondary N) is 2. The smallest absolute Gasteiger partial charge is 0.199 e. The molecule has 0 aromatic heterocycles. The maximum Gasteiger partial charge on any atom is 0.199 e. The molecule has 0 saturated carbocycles. The minimum absolute atomic E-state index is 0.0938. The SMILES string of the molecule is CNC(=S)N(C(=N)N)c1ccccc1C. The minimum atomic E-state index is -0.0938. The van der Waals surface area contributed by atoms with E-state index in [0.29, 0.717) is 5.11 Å². The van der Waals surface area contributed by atoms with Crippen LogP contribution in [0.2, 0.25) is 0 Å². The summed E-state index contributed by atoms with van der Waals surface area (Å²) in [5, 5.41) is 10.7. The van der Waals surface area contributed by atoms with Crippen LogP contribution in [0.4, 0.5) is 5.69 Å². The van der Waals surface area contributed by atoms with Gasteiger partial charge in [0.25, 0.3) is 0 Å². The summed E-state index contributed by atoms with van der Waals surface area (Å²) in [5.74, 6) is -0.0938. The van der Waals surface area contributed by atoms with Crippen molar-refractivity contribution in [2.75, 3.05) is 11.9 Å². The van der Waals surface area contributed by atoms with Crippen molar-refractivity contribution in [2.24, 2.45) is 5.73 Å². The fraction of sp³-hybridized carbons (Fsp3) is 0.200. The zero-order chi connectivity index (χ0) is 11.4. The average Bonchev–Trinajstić information content (AvgIpc) is 2.20. The Labute approximate surface area is 94.6 Å². The molecule has 0 spiro atoms. The predicted octanol–water partition coefficient (Wildman–Crippen LogP) is 1.20. The number of nitrogens with two attached hydrogens (primary N) is 1. The van der Waals surface area contributed by atoms with E-state index in [0.717, 1.165) is 11.3 Å². The van der Waals surface area contributed by atoms with E-state index in [9.17, 15) is 0 Å². The van der Waals surface area contributed by atoms with Crippen molar-refractivity contribution in [3.63, 3.8) is 0 Å². The van der Waals surface area contributed by atoms with Crippen molar-refractivity contribution in [1.82, 2.24) is 5.32 Å². The molecule has 1 aromatic rings. The van der Waals surface area contributed by atoms with Crippen molar-refractivity contribution in [2.45, 2.75) is 6.92 Å². The van der Waals surface area contributed by atoms with Gasteiger partial charge in [0.15, 0.2) is 11.1 Å². The van der Waals surface area contributed by atoms with Crippen molar-refractivity contribution in [3.8, 4) is 0 Å². The van der Waals surface area contributed by atoms with Gasteiger partial charge in [-0.2, -0.15) is 0 Å². The summed E-state index contributed by atoms with van der Waals surface area (Å²) >= 11 is 5.09. The van der Waals surface area contributed by atoms with Gasteiger partial charge < -0.3 is 11.1 Å². The number of para-hydroxylation sites is 1. The van der Waals surface area contributed by atoms with Crippen LogP contribution in [-0.4, -0.2) is 18.1 Å². The van der Waals surface area contributed by atoms with Gasteiger partial charge in [0.2, 0.25) is 0 Å². The average molecular weight is 222 g/mol. The van der Waals surface area contributed by atoms with Crippen LogP contribution in [0.1, 0.15) is 5.56 Å². The number of anilines is 1. The van der Waals surface area contributed by atoms with Crippen molar-refractivity contribution >= 4 is 29.0 Å². The first-order chi connectivity index (χ1) is 7.07. The molecule has 0 radical (unpaired) electrons. The van der Waals surface area contributed by atoms with E-state index in [1.807, 2.05) is 31.2 Å². The largest absolute Gasteiger partial charge is 0.369 e. The molecular weight excluding hydrogens is 208 g/mol. The second-order valence-corrected chi connectivity index (χ2v) is 3.45. The molecule has 0 bridgehead atoms. The topological polar surface area (TPSA) is 65.1 Å². The molecule has 80 valence electrons. The highest BCUT2D eigenvalue weighted by Crippen LogP contribution is 2.18. The van der Waals surface area contributed by atoms with Crippen molar-refractivity contribution in [3.05, 3.63) is 29.8 Å². The molecule has 0 amide bonds. The van der Waals surface area contributed by atoms with E-state index in [4.69, 9.17) is 23.4 Å². The van der Waals surface area contributed by atoms with Gasteiger partial charge in [-0.3, -0.25) is 10.3 Å². The molecule has 0 unspecified atom stereocenters. The summed E-state index contributed by atoms with van der Waals surface area (Å²) in [6.45, 7) is 1.95. The zero-order valence-electron chi connectivity index (χ0n) is 8.74. The second kappa shape index (κ2) is 4.75. The van der Waals surface area contributed by atoms with Gasteiger partial charge in [-0.05, 0) is 30.8 Å². The van der Waals surface area contributed by atoms with Gasteiger partial charge in [-0.25, -0.2) is 0 Å². The van der Waals surface area contributed by atoms with Gasteiger partial charge >= 0.3 is 0 Å². The third kappa shape index (κ3) is 2.44. The zero-order valence-corrected chi connectivity index (χ0v) is 9.56. The number of rotatable bonds is 1. The van der Waals surface area contributed by atoms with E-state index >= 15 is 0 Å². The molecule has 5 heteroatoms. The van der Waals surface area contributed by atoms with Crippen LogP contribution in [0.5, 0.6) is 0 Å². The molecule has 0 saturated heterocycles. The Bertz CT molecular complexity index is 389. The molecule has 0 aliphatic carbocycles. The molecule has 0 heterocycles. The first kappa shape index (κ1) is 11.5. The quantitative estimate of drug-likeness (QED) is 0.379. The molecule has 0 aliphatic heterocycles. The molecule has 15 heavy (non-hydrogen) atoms. The normalized spacial score (nSPS) is 9.47. The highest BCUT2D eigenvalue weighted by atomic mass is 32.1. The Kier molecular flexibility index (Phi) is 3.62. The van der Waals surface area contributed by atoms with E-state index < -0.39 is 0 Å². The second-order valence-electron chi connectivity index (χ2n) is 3.06. The summed E-state index contributed by atoms with van der Waals surface area (Å²) in [5.41, 5.74) is 7.34. The van der Waals surface area contributed by atoms with Gasteiger partial charge in [0.05, 0.1) is 5.69 Å². The molecule has 4 N–H and O–H groups in total. The third-order valence-corrected chi connectivity index (χ3v) is 2.40. The first-order valence-corrected chi connectivity index (χ1v) is 4.90. The van der Waals surface area contributed by atoms with E-state index in [1.54, 1.807) is 7.05 Å².